The molecule has 2 bridgehead atoms. The number of amides is 4. The van der Waals surface area contributed by atoms with Crippen molar-refractivity contribution >= 4 is 52.1 Å². The van der Waals surface area contributed by atoms with Crippen LogP contribution in [0.2, 0.25) is 0 Å². The molecule has 10 nitrogen and oxygen atoms in total. The number of allylic oxidation sites excluding steroid dienone is 1. The maximum absolute atomic E-state index is 13.5. The summed E-state index contributed by atoms with van der Waals surface area (Å²) in [6.07, 6.45) is 5.71. The summed E-state index contributed by atoms with van der Waals surface area (Å²) in [4.78, 5) is 59.6. The SMILES string of the molecule is O=C1CCC(N2C(=O)c3ccc(N4CC5CCC(C4)N5CC4CCN(CCOc5ccc(C(=C(CCCl)c6ccccc6)c6ccccc6)cc5)CC4)cc3C2=O)C(=O)N1. The molecule has 0 spiro atoms. The Hall–Kier alpha value is -5.29. The number of nitrogens with one attached hydrogen (secondary N) is 1. The topological polar surface area (TPSA) is 102 Å². The van der Waals surface area contributed by atoms with Gasteiger partial charge in [-0.15, -0.1) is 11.6 Å². The van der Waals surface area contributed by atoms with Crippen molar-refractivity contribution in [2.75, 3.05) is 56.7 Å². The Morgan fingerprint density at radius 2 is 1.37 bits per heavy atom. The summed E-state index contributed by atoms with van der Waals surface area (Å²) in [7, 11) is 0. The molecule has 4 aromatic rings. The third-order valence-corrected chi connectivity index (χ3v) is 13.4. The molecular weight excluding hydrogens is 774 g/mol. The molecule has 3 atom stereocenters. The lowest BCUT2D eigenvalue weighted by atomic mass is 9.88. The van der Waals surface area contributed by atoms with Gasteiger partial charge in [0, 0.05) is 56.3 Å². The molecule has 9 rings (SSSR count). The number of fused-ring (bicyclic) bond motifs is 3. The van der Waals surface area contributed by atoms with Crippen LogP contribution in [0.4, 0.5) is 5.69 Å². The van der Waals surface area contributed by atoms with Gasteiger partial charge in [-0.25, -0.2) is 0 Å². The number of hydrogen-bond acceptors (Lipinski definition) is 8. The quantitative estimate of drug-likeness (QED) is 0.0865. The van der Waals surface area contributed by atoms with Gasteiger partial charge in [0.15, 0.2) is 0 Å². The number of benzene rings is 4. The van der Waals surface area contributed by atoms with Gasteiger partial charge in [-0.05, 0) is 116 Å². The van der Waals surface area contributed by atoms with Crippen LogP contribution in [-0.2, 0) is 9.59 Å². The molecule has 0 radical (unpaired) electrons. The van der Waals surface area contributed by atoms with E-state index in [1.807, 2.05) is 18.2 Å². The molecule has 0 aliphatic carbocycles. The zero-order valence-corrected chi connectivity index (χ0v) is 34.7. The van der Waals surface area contributed by atoms with Crippen LogP contribution in [0.25, 0.3) is 11.1 Å². The minimum atomic E-state index is -0.958. The fourth-order valence-corrected chi connectivity index (χ4v) is 10.3. The molecule has 4 amide bonds. The largest absolute Gasteiger partial charge is 0.492 e. The molecule has 4 saturated heterocycles. The summed E-state index contributed by atoms with van der Waals surface area (Å²) in [5.41, 5.74) is 7.54. The van der Waals surface area contributed by atoms with Crippen molar-refractivity contribution in [2.24, 2.45) is 5.92 Å². The van der Waals surface area contributed by atoms with Gasteiger partial charge < -0.3 is 9.64 Å². The highest BCUT2D eigenvalue weighted by Gasteiger charge is 2.46. The highest BCUT2D eigenvalue weighted by Crippen LogP contribution is 2.38. The van der Waals surface area contributed by atoms with E-state index in [0.29, 0.717) is 41.6 Å². The van der Waals surface area contributed by atoms with Gasteiger partial charge in [-0.2, -0.15) is 0 Å². The molecule has 5 aliphatic rings. The number of likely N-dealkylation sites (tertiary alicyclic amines) is 1. The normalized spacial score (nSPS) is 22.9. The van der Waals surface area contributed by atoms with Crippen molar-refractivity contribution in [2.45, 2.75) is 63.1 Å². The number of anilines is 1. The van der Waals surface area contributed by atoms with Gasteiger partial charge in [-0.3, -0.25) is 39.2 Å². The Balaban J connectivity index is 0.757. The van der Waals surface area contributed by atoms with Crippen molar-refractivity contribution in [3.8, 4) is 5.75 Å². The first-order chi connectivity index (χ1) is 29.3. The Morgan fingerprint density at radius 3 is 2.03 bits per heavy atom. The summed E-state index contributed by atoms with van der Waals surface area (Å²) in [6.45, 7) is 6.60. The van der Waals surface area contributed by atoms with Gasteiger partial charge in [0.2, 0.25) is 11.8 Å². The second-order valence-corrected chi connectivity index (χ2v) is 17.2. The average Bonchev–Trinajstić information content (AvgIpc) is 3.65. The number of ether oxygens (including phenoxy) is 1. The number of carbonyl (C=O) groups is 4. The van der Waals surface area contributed by atoms with E-state index in [-0.39, 0.29) is 18.7 Å². The summed E-state index contributed by atoms with van der Waals surface area (Å²) >= 11 is 6.35. The first-order valence-electron chi connectivity index (χ1n) is 21.6. The molecule has 3 unspecified atom stereocenters. The second kappa shape index (κ2) is 17.7. The number of halogens is 1. The molecule has 310 valence electrons. The lowest BCUT2D eigenvalue weighted by Gasteiger charge is -2.44. The van der Waals surface area contributed by atoms with Crippen molar-refractivity contribution in [3.05, 3.63) is 131 Å². The number of imide groups is 2. The van der Waals surface area contributed by atoms with E-state index in [1.165, 1.54) is 35.1 Å². The molecule has 5 heterocycles. The van der Waals surface area contributed by atoms with E-state index in [2.05, 4.69) is 98.9 Å². The minimum Gasteiger partial charge on any atom is -0.492 e. The van der Waals surface area contributed by atoms with Crippen LogP contribution in [0.15, 0.2) is 103 Å². The summed E-state index contributed by atoms with van der Waals surface area (Å²) in [5.74, 6) is 0.199. The van der Waals surface area contributed by atoms with Crippen molar-refractivity contribution in [1.29, 1.82) is 0 Å². The maximum Gasteiger partial charge on any atom is 0.262 e. The smallest absolute Gasteiger partial charge is 0.262 e. The zero-order valence-electron chi connectivity index (χ0n) is 33.9. The molecule has 1 N–H and O–H groups in total. The fraction of sp³-hybridized carbons (Fsp3) is 0.388. The van der Waals surface area contributed by atoms with Crippen LogP contribution in [-0.4, -0.2) is 108 Å². The minimum absolute atomic E-state index is 0.106. The van der Waals surface area contributed by atoms with Crippen LogP contribution in [0.5, 0.6) is 5.75 Å². The molecule has 4 fully saturated rings. The van der Waals surface area contributed by atoms with Crippen LogP contribution in [0, 0.1) is 5.92 Å². The number of alkyl halides is 1. The van der Waals surface area contributed by atoms with E-state index >= 15 is 0 Å². The molecule has 0 aromatic heterocycles. The Bertz CT molecular complexity index is 2240. The molecule has 5 aliphatic heterocycles. The predicted molar refractivity (Wildman–Crippen MR) is 234 cm³/mol. The van der Waals surface area contributed by atoms with Crippen molar-refractivity contribution < 1.29 is 23.9 Å². The third-order valence-electron chi connectivity index (χ3n) is 13.2. The maximum atomic E-state index is 13.5. The fourth-order valence-electron chi connectivity index (χ4n) is 10.1. The van der Waals surface area contributed by atoms with Crippen LogP contribution < -0.4 is 15.0 Å². The molecule has 0 saturated carbocycles. The van der Waals surface area contributed by atoms with Gasteiger partial charge in [0.1, 0.15) is 18.4 Å². The Kier molecular flexibility index (Phi) is 11.9. The monoisotopic (exact) mass is 825 g/mol. The Morgan fingerprint density at radius 1 is 0.717 bits per heavy atom. The van der Waals surface area contributed by atoms with Crippen LogP contribution in [0.1, 0.15) is 82.4 Å². The predicted octanol–water partition coefficient (Wildman–Crippen LogP) is 7.12. The van der Waals surface area contributed by atoms with E-state index in [0.717, 1.165) is 80.4 Å². The Labute approximate surface area is 357 Å². The second-order valence-electron chi connectivity index (χ2n) is 16.8. The number of hydrogen-bond donors (Lipinski definition) is 1. The number of rotatable bonds is 13. The van der Waals surface area contributed by atoms with Gasteiger partial charge in [0.05, 0.1) is 11.1 Å². The van der Waals surface area contributed by atoms with Gasteiger partial charge >= 0.3 is 0 Å². The van der Waals surface area contributed by atoms with Crippen LogP contribution in [0.3, 0.4) is 0 Å². The average molecular weight is 826 g/mol. The van der Waals surface area contributed by atoms with E-state index in [1.54, 1.807) is 6.07 Å². The molecule has 60 heavy (non-hydrogen) atoms. The molecule has 4 aromatic carbocycles. The number of piperidine rings is 2. The summed E-state index contributed by atoms with van der Waals surface area (Å²) in [6, 6.07) is 35.0. The van der Waals surface area contributed by atoms with Gasteiger partial charge in [0.25, 0.3) is 11.8 Å². The summed E-state index contributed by atoms with van der Waals surface area (Å²) in [5, 5.41) is 2.27. The van der Waals surface area contributed by atoms with E-state index < -0.39 is 23.8 Å². The lowest BCUT2D eigenvalue weighted by Crippen LogP contribution is -2.55. The number of carbonyl (C=O) groups excluding carboxylic acids is 4. The molecular formula is C49H52ClN5O5. The van der Waals surface area contributed by atoms with Gasteiger partial charge in [-0.1, -0.05) is 72.8 Å². The summed E-state index contributed by atoms with van der Waals surface area (Å²) < 4.78 is 6.29. The van der Waals surface area contributed by atoms with Crippen molar-refractivity contribution in [1.82, 2.24) is 20.0 Å². The van der Waals surface area contributed by atoms with E-state index in [4.69, 9.17) is 16.3 Å². The number of nitrogens with zero attached hydrogens (tertiary/aromatic N) is 4. The lowest BCUT2D eigenvalue weighted by molar-refractivity contribution is -0.136. The zero-order chi connectivity index (χ0) is 41.2. The first kappa shape index (κ1) is 40.1. The standard InChI is InChI=1S/C49H52ClN5O5/c50-24-21-41(34-7-3-1-4-8-34)46(35-9-5-2-6-10-35)36-11-16-40(17-12-36)60-28-27-52-25-22-33(23-26-52)30-54-38-13-14-39(54)32-53(31-38)37-15-18-42-43(29-37)49(59)55(48(42)58)44-19-20-45(56)51-47(44)57/h1-12,15-18,29,33,38-39,44H,13-14,19-28,30-32H2,(H,51,56,57). The van der Waals surface area contributed by atoms with Crippen molar-refractivity contribution in [3.63, 3.8) is 0 Å². The van der Waals surface area contributed by atoms with E-state index in [9.17, 15) is 19.2 Å². The highest BCUT2D eigenvalue weighted by atomic mass is 35.5. The molecule has 11 heteroatoms. The van der Waals surface area contributed by atoms with Crippen LogP contribution >= 0.6 is 11.6 Å². The number of piperazine rings is 1. The third kappa shape index (κ3) is 8.25. The first-order valence-corrected chi connectivity index (χ1v) is 22.1. The highest BCUT2D eigenvalue weighted by molar-refractivity contribution is 6.23.